The van der Waals surface area contributed by atoms with Crippen molar-refractivity contribution in [2.75, 3.05) is 0 Å². The predicted molar refractivity (Wildman–Crippen MR) is 145 cm³/mol. The summed E-state index contributed by atoms with van der Waals surface area (Å²) in [4.78, 5) is 8.99. The molecule has 2 nitrogen and oxygen atoms in total. The Balaban J connectivity index is 1.20. The van der Waals surface area contributed by atoms with Gasteiger partial charge in [-0.1, -0.05) is 89.0 Å². The standard InChI is InChI=1S/C32H41FN2/c1-2-3-4-5-6-7-8-9-10-25-11-13-26(14-12-25)27-15-17-28(18-16-27)30-23-34-32(35-24-30)29-19-21-31(33)22-20-29/h15-26H,2-14H2,1H3. The van der Waals surface area contributed by atoms with Gasteiger partial charge in [0.15, 0.2) is 5.82 Å². The fraction of sp³-hybridized carbons (Fsp3) is 0.500. The summed E-state index contributed by atoms with van der Waals surface area (Å²) >= 11 is 0. The Morgan fingerprint density at radius 2 is 1.23 bits per heavy atom. The first-order chi connectivity index (χ1) is 17.2. The maximum absolute atomic E-state index is 13.1. The van der Waals surface area contributed by atoms with Crippen molar-refractivity contribution in [2.45, 2.75) is 96.3 Å². The van der Waals surface area contributed by atoms with E-state index in [1.807, 2.05) is 12.4 Å². The van der Waals surface area contributed by atoms with Crippen LogP contribution in [0.25, 0.3) is 22.5 Å². The van der Waals surface area contributed by atoms with Crippen LogP contribution in [0.2, 0.25) is 0 Å². The molecule has 186 valence electrons. The molecule has 1 heterocycles. The van der Waals surface area contributed by atoms with E-state index >= 15 is 0 Å². The number of hydrogen-bond acceptors (Lipinski definition) is 2. The quantitative estimate of drug-likeness (QED) is 0.245. The largest absolute Gasteiger partial charge is 0.236 e. The molecule has 0 unspecified atom stereocenters. The number of nitrogens with zero attached hydrogens (tertiary/aromatic N) is 2. The fourth-order valence-corrected chi connectivity index (χ4v) is 5.52. The van der Waals surface area contributed by atoms with Crippen LogP contribution >= 0.6 is 0 Å². The van der Waals surface area contributed by atoms with Crippen LogP contribution in [0.4, 0.5) is 4.39 Å². The number of benzene rings is 2. The molecule has 1 saturated carbocycles. The van der Waals surface area contributed by atoms with Crippen molar-refractivity contribution in [3.05, 3.63) is 72.3 Å². The average Bonchev–Trinajstić information content (AvgIpc) is 2.91. The Morgan fingerprint density at radius 3 is 1.86 bits per heavy atom. The van der Waals surface area contributed by atoms with Gasteiger partial charge in [-0.25, -0.2) is 14.4 Å². The molecule has 3 aromatic rings. The van der Waals surface area contributed by atoms with Gasteiger partial charge in [0, 0.05) is 23.5 Å². The van der Waals surface area contributed by atoms with E-state index in [0.29, 0.717) is 11.7 Å². The van der Waals surface area contributed by atoms with Crippen molar-refractivity contribution in [1.29, 1.82) is 0 Å². The smallest absolute Gasteiger partial charge is 0.159 e. The zero-order valence-corrected chi connectivity index (χ0v) is 21.4. The summed E-state index contributed by atoms with van der Waals surface area (Å²) < 4.78 is 13.1. The molecule has 2 aromatic carbocycles. The third-order valence-electron chi connectivity index (χ3n) is 7.78. The summed E-state index contributed by atoms with van der Waals surface area (Å²) in [5.41, 5.74) is 4.45. The minimum absolute atomic E-state index is 0.248. The van der Waals surface area contributed by atoms with E-state index in [-0.39, 0.29) is 5.82 Å². The molecule has 1 aliphatic rings. The van der Waals surface area contributed by atoms with Crippen LogP contribution in [0, 0.1) is 11.7 Å². The first-order valence-electron chi connectivity index (χ1n) is 13.9. The molecular formula is C32H41FN2. The number of aromatic nitrogens is 2. The van der Waals surface area contributed by atoms with Gasteiger partial charge in [0.2, 0.25) is 0 Å². The molecule has 0 bridgehead atoms. The molecule has 1 aliphatic carbocycles. The molecule has 1 aromatic heterocycles. The molecule has 0 aliphatic heterocycles. The lowest BCUT2D eigenvalue weighted by Crippen LogP contribution is -2.13. The first-order valence-corrected chi connectivity index (χ1v) is 13.9. The van der Waals surface area contributed by atoms with Gasteiger partial charge in [-0.3, -0.25) is 0 Å². The van der Waals surface area contributed by atoms with Gasteiger partial charge in [0.25, 0.3) is 0 Å². The second kappa shape index (κ2) is 13.5. The normalized spacial score (nSPS) is 18.0. The van der Waals surface area contributed by atoms with Crippen molar-refractivity contribution >= 4 is 0 Å². The lowest BCUT2D eigenvalue weighted by atomic mass is 9.77. The highest BCUT2D eigenvalue weighted by Crippen LogP contribution is 2.38. The van der Waals surface area contributed by atoms with E-state index in [4.69, 9.17) is 0 Å². The van der Waals surface area contributed by atoms with Gasteiger partial charge in [0.1, 0.15) is 5.82 Å². The first kappa shape index (κ1) is 25.5. The van der Waals surface area contributed by atoms with E-state index in [1.54, 1.807) is 12.1 Å². The van der Waals surface area contributed by atoms with Crippen molar-refractivity contribution in [2.24, 2.45) is 5.92 Å². The SMILES string of the molecule is CCCCCCCCCCC1CCC(c2ccc(-c3cnc(-c4ccc(F)cc4)nc3)cc2)CC1. The molecule has 1 fully saturated rings. The maximum Gasteiger partial charge on any atom is 0.159 e. The van der Waals surface area contributed by atoms with E-state index in [1.165, 1.54) is 101 Å². The molecular weight excluding hydrogens is 431 g/mol. The molecule has 0 atom stereocenters. The van der Waals surface area contributed by atoms with Crippen molar-refractivity contribution in [1.82, 2.24) is 9.97 Å². The number of unbranched alkanes of at least 4 members (excludes halogenated alkanes) is 7. The average molecular weight is 473 g/mol. The van der Waals surface area contributed by atoms with Gasteiger partial charge in [-0.05, 0) is 72.9 Å². The van der Waals surface area contributed by atoms with E-state index in [2.05, 4.69) is 41.2 Å². The minimum Gasteiger partial charge on any atom is -0.236 e. The van der Waals surface area contributed by atoms with Gasteiger partial charge < -0.3 is 0 Å². The van der Waals surface area contributed by atoms with Crippen LogP contribution in [0.5, 0.6) is 0 Å². The van der Waals surface area contributed by atoms with Gasteiger partial charge in [-0.15, -0.1) is 0 Å². The summed E-state index contributed by atoms with van der Waals surface area (Å²) in [7, 11) is 0. The van der Waals surface area contributed by atoms with Gasteiger partial charge >= 0.3 is 0 Å². The van der Waals surface area contributed by atoms with Crippen LogP contribution in [0.1, 0.15) is 102 Å². The topological polar surface area (TPSA) is 25.8 Å². The summed E-state index contributed by atoms with van der Waals surface area (Å²) in [5.74, 6) is 2.02. The summed E-state index contributed by atoms with van der Waals surface area (Å²) in [6.45, 7) is 2.29. The summed E-state index contributed by atoms with van der Waals surface area (Å²) in [6, 6.07) is 15.3. The van der Waals surface area contributed by atoms with E-state index in [9.17, 15) is 4.39 Å². The monoisotopic (exact) mass is 472 g/mol. The van der Waals surface area contributed by atoms with Crippen LogP contribution in [0.3, 0.4) is 0 Å². The maximum atomic E-state index is 13.1. The third-order valence-corrected chi connectivity index (χ3v) is 7.78. The zero-order valence-electron chi connectivity index (χ0n) is 21.4. The van der Waals surface area contributed by atoms with Crippen molar-refractivity contribution in [3.63, 3.8) is 0 Å². The Labute approximate surface area is 211 Å². The van der Waals surface area contributed by atoms with E-state index < -0.39 is 0 Å². The number of rotatable bonds is 12. The Morgan fingerprint density at radius 1 is 0.657 bits per heavy atom. The molecule has 0 spiro atoms. The Hall–Kier alpha value is -2.55. The highest BCUT2D eigenvalue weighted by Gasteiger charge is 2.22. The Kier molecular flexibility index (Phi) is 9.86. The highest BCUT2D eigenvalue weighted by atomic mass is 19.1. The van der Waals surface area contributed by atoms with E-state index in [0.717, 1.165) is 22.6 Å². The van der Waals surface area contributed by atoms with Crippen LogP contribution in [-0.4, -0.2) is 9.97 Å². The van der Waals surface area contributed by atoms with Gasteiger partial charge in [-0.2, -0.15) is 0 Å². The lowest BCUT2D eigenvalue weighted by molar-refractivity contribution is 0.302. The lowest BCUT2D eigenvalue weighted by Gasteiger charge is -2.29. The second-order valence-electron chi connectivity index (χ2n) is 10.4. The van der Waals surface area contributed by atoms with Crippen LogP contribution < -0.4 is 0 Å². The van der Waals surface area contributed by atoms with Gasteiger partial charge in [0.05, 0.1) is 0 Å². The number of halogens is 1. The Bertz CT molecular complexity index is 987. The van der Waals surface area contributed by atoms with Crippen LogP contribution in [-0.2, 0) is 0 Å². The molecule has 4 rings (SSSR count). The minimum atomic E-state index is -0.248. The molecule has 3 heteroatoms. The third kappa shape index (κ3) is 7.72. The second-order valence-corrected chi connectivity index (χ2v) is 10.4. The molecule has 0 N–H and O–H groups in total. The molecule has 0 amide bonds. The number of hydrogen-bond donors (Lipinski definition) is 0. The fourth-order valence-electron chi connectivity index (χ4n) is 5.52. The van der Waals surface area contributed by atoms with Crippen LogP contribution in [0.15, 0.2) is 60.9 Å². The van der Waals surface area contributed by atoms with Crippen molar-refractivity contribution < 1.29 is 4.39 Å². The summed E-state index contributed by atoms with van der Waals surface area (Å²) in [6.07, 6.45) is 22.0. The molecule has 0 saturated heterocycles. The molecule has 0 radical (unpaired) electrons. The predicted octanol–water partition coefficient (Wildman–Crippen LogP) is 9.75. The zero-order chi connectivity index (χ0) is 24.3. The molecule has 35 heavy (non-hydrogen) atoms. The van der Waals surface area contributed by atoms with Crippen molar-refractivity contribution in [3.8, 4) is 22.5 Å². The summed E-state index contributed by atoms with van der Waals surface area (Å²) in [5, 5.41) is 0. The highest BCUT2D eigenvalue weighted by molar-refractivity contribution is 5.64.